The van der Waals surface area contributed by atoms with E-state index < -0.39 is 18.8 Å². The van der Waals surface area contributed by atoms with Crippen molar-refractivity contribution in [1.29, 1.82) is 0 Å². The average molecular weight is 384 g/mol. The number of anilines is 1. The van der Waals surface area contributed by atoms with Gasteiger partial charge in [0, 0.05) is 0 Å². The first-order valence-electron chi connectivity index (χ1n) is 6.82. The fraction of sp³-hybridized carbons (Fsp3) is 0.429. The number of halogens is 4. The Morgan fingerprint density at radius 3 is 2.67 bits per heavy atom. The molecule has 2 aromatic rings. The van der Waals surface area contributed by atoms with E-state index in [4.69, 9.17) is 5.73 Å². The number of alkyl halides is 3. The van der Waals surface area contributed by atoms with Crippen LogP contribution in [0.4, 0.5) is 18.3 Å². The molecule has 10 heteroatoms. The second-order valence-corrected chi connectivity index (χ2v) is 6.34. The Hall–Kier alpha value is -1.58. The van der Waals surface area contributed by atoms with Gasteiger partial charge < -0.3 is 15.8 Å². The number of carbonyl (C=O) groups excluding carboxylic acids is 1. The minimum atomic E-state index is -4.39. The molecule has 1 aromatic carbocycles. The van der Waals surface area contributed by atoms with Crippen LogP contribution >= 0.6 is 23.7 Å². The van der Waals surface area contributed by atoms with Crippen molar-refractivity contribution in [2.75, 3.05) is 11.9 Å². The Bertz CT molecular complexity index is 706. The lowest BCUT2D eigenvalue weighted by Gasteiger charge is -2.13. The summed E-state index contributed by atoms with van der Waals surface area (Å²) < 4.78 is 41.7. The molecule has 0 aliphatic rings. The Morgan fingerprint density at radius 1 is 1.42 bits per heavy atom. The summed E-state index contributed by atoms with van der Waals surface area (Å²) in [6, 6.07) is 3.73. The minimum Gasteiger partial charge on any atom is -0.484 e. The molecule has 1 amide bonds. The zero-order chi connectivity index (χ0) is 17.2. The van der Waals surface area contributed by atoms with Gasteiger partial charge in [0.2, 0.25) is 5.91 Å². The summed E-state index contributed by atoms with van der Waals surface area (Å²) in [5.74, 6) is -0.283. The van der Waals surface area contributed by atoms with Crippen molar-refractivity contribution in [3.8, 4) is 5.75 Å². The molecule has 1 atom stereocenters. The molecule has 3 N–H and O–H groups in total. The SMILES string of the molecule is CC(C)[C@H](N)C(=O)Nc1nc2ccc(OCC(F)(F)F)cc2s1.Cl. The van der Waals surface area contributed by atoms with Crippen LogP contribution in [0.3, 0.4) is 0 Å². The van der Waals surface area contributed by atoms with E-state index in [-0.39, 0.29) is 30.0 Å². The zero-order valence-electron chi connectivity index (χ0n) is 12.9. The van der Waals surface area contributed by atoms with Crippen molar-refractivity contribution in [3.05, 3.63) is 18.2 Å². The lowest BCUT2D eigenvalue weighted by molar-refractivity contribution is -0.153. The van der Waals surface area contributed by atoms with Crippen LogP contribution in [-0.2, 0) is 4.79 Å². The molecule has 0 aliphatic heterocycles. The summed E-state index contributed by atoms with van der Waals surface area (Å²) in [6.07, 6.45) is -4.39. The molecule has 0 saturated carbocycles. The maximum absolute atomic E-state index is 12.1. The van der Waals surface area contributed by atoms with Gasteiger partial charge in [-0.05, 0) is 24.1 Å². The molecule has 1 heterocycles. The Morgan fingerprint density at radius 2 is 2.08 bits per heavy atom. The molecule has 0 spiro atoms. The van der Waals surface area contributed by atoms with Crippen molar-refractivity contribution in [2.24, 2.45) is 11.7 Å². The molecule has 134 valence electrons. The summed E-state index contributed by atoms with van der Waals surface area (Å²) >= 11 is 1.14. The highest BCUT2D eigenvalue weighted by Gasteiger charge is 2.28. The predicted molar refractivity (Wildman–Crippen MR) is 89.9 cm³/mol. The number of carbonyl (C=O) groups is 1. The number of fused-ring (bicyclic) bond motifs is 1. The number of amides is 1. The molecular formula is C14H17ClF3N3O2S. The summed E-state index contributed by atoms with van der Waals surface area (Å²) in [5, 5.41) is 2.95. The number of aromatic nitrogens is 1. The van der Waals surface area contributed by atoms with Gasteiger partial charge in [-0.1, -0.05) is 25.2 Å². The lowest BCUT2D eigenvalue weighted by atomic mass is 10.1. The smallest absolute Gasteiger partial charge is 0.422 e. The molecule has 0 fully saturated rings. The van der Waals surface area contributed by atoms with Crippen molar-refractivity contribution < 1.29 is 22.7 Å². The standard InChI is InChI=1S/C14H16F3N3O2S.ClH/c1-7(2)11(18)12(21)20-13-19-9-4-3-8(5-10(9)23-13)22-6-14(15,16)17;/h3-5,7,11H,6,18H2,1-2H3,(H,19,20,21);1H/t11-;/m0./s1. The van der Waals surface area contributed by atoms with Gasteiger partial charge in [-0.3, -0.25) is 4.79 Å². The number of nitrogens with two attached hydrogens (primary N) is 1. The van der Waals surface area contributed by atoms with Gasteiger partial charge in [0.05, 0.1) is 16.3 Å². The van der Waals surface area contributed by atoms with Crippen LogP contribution < -0.4 is 15.8 Å². The summed E-state index contributed by atoms with van der Waals surface area (Å²) in [7, 11) is 0. The van der Waals surface area contributed by atoms with E-state index in [0.29, 0.717) is 15.3 Å². The fourth-order valence-electron chi connectivity index (χ4n) is 1.70. The third-order valence-electron chi connectivity index (χ3n) is 3.01. The van der Waals surface area contributed by atoms with E-state index >= 15 is 0 Å². The van der Waals surface area contributed by atoms with Crippen molar-refractivity contribution in [2.45, 2.75) is 26.1 Å². The summed E-state index contributed by atoms with van der Waals surface area (Å²) in [4.78, 5) is 16.1. The number of nitrogens with zero attached hydrogens (tertiary/aromatic N) is 1. The average Bonchev–Trinajstić information content (AvgIpc) is 2.84. The fourth-order valence-corrected chi connectivity index (χ4v) is 2.60. The maximum atomic E-state index is 12.1. The second-order valence-electron chi connectivity index (χ2n) is 5.31. The van der Waals surface area contributed by atoms with Crippen LogP contribution in [0.15, 0.2) is 18.2 Å². The Kier molecular flexibility index (Phi) is 6.82. The van der Waals surface area contributed by atoms with E-state index in [1.54, 1.807) is 0 Å². The van der Waals surface area contributed by atoms with Crippen molar-refractivity contribution in [3.63, 3.8) is 0 Å². The quantitative estimate of drug-likeness (QED) is 0.827. The topological polar surface area (TPSA) is 77.2 Å². The first-order chi connectivity index (χ1) is 10.7. The van der Waals surface area contributed by atoms with E-state index in [1.165, 1.54) is 18.2 Å². The Balaban J connectivity index is 0.00000288. The third kappa shape index (κ3) is 5.50. The first kappa shape index (κ1) is 20.5. The number of thiazole rings is 1. The molecule has 0 bridgehead atoms. The van der Waals surface area contributed by atoms with Gasteiger partial charge in [-0.15, -0.1) is 12.4 Å². The van der Waals surface area contributed by atoms with Crippen LogP contribution in [-0.4, -0.2) is 29.7 Å². The normalized spacial score (nSPS) is 12.8. The van der Waals surface area contributed by atoms with Crippen LogP contribution in [0.5, 0.6) is 5.75 Å². The predicted octanol–water partition coefficient (Wildman–Crippen LogP) is 3.58. The number of benzene rings is 1. The van der Waals surface area contributed by atoms with Crippen LogP contribution in [0.1, 0.15) is 13.8 Å². The number of hydrogen-bond donors (Lipinski definition) is 2. The summed E-state index contributed by atoms with van der Waals surface area (Å²) in [6.45, 7) is 2.30. The maximum Gasteiger partial charge on any atom is 0.422 e. The monoisotopic (exact) mass is 383 g/mol. The van der Waals surface area contributed by atoms with Gasteiger partial charge >= 0.3 is 6.18 Å². The van der Waals surface area contributed by atoms with Gasteiger partial charge in [0.1, 0.15) is 5.75 Å². The highest BCUT2D eigenvalue weighted by atomic mass is 35.5. The van der Waals surface area contributed by atoms with Gasteiger partial charge in [0.15, 0.2) is 11.7 Å². The molecule has 5 nitrogen and oxygen atoms in total. The third-order valence-corrected chi connectivity index (χ3v) is 3.95. The van der Waals surface area contributed by atoms with E-state index in [1.807, 2.05) is 13.8 Å². The van der Waals surface area contributed by atoms with Gasteiger partial charge in [0.25, 0.3) is 0 Å². The van der Waals surface area contributed by atoms with Gasteiger partial charge in [-0.2, -0.15) is 13.2 Å². The highest BCUT2D eigenvalue weighted by Crippen LogP contribution is 2.30. The molecule has 1 aromatic heterocycles. The van der Waals surface area contributed by atoms with Crippen LogP contribution in [0, 0.1) is 5.92 Å². The molecule has 24 heavy (non-hydrogen) atoms. The molecule has 0 unspecified atom stereocenters. The molecule has 0 radical (unpaired) electrons. The number of ether oxygens (including phenoxy) is 1. The number of nitrogens with one attached hydrogen (secondary N) is 1. The minimum absolute atomic E-state index is 0. The number of rotatable bonds is 5. The van der Waals surface area contributed by atoms with Crippen molar-refractivity contribution in [1.82, 2.24) is 4.98 Å². The molecular weight excluding hydrogens is 367 g/mol. The van der Waals surface area contributed by atoms with Crippen LogP contribution in [0.25, 0.3) is 10.2 Å². The number of hydrogen-bond acceptors (Lipinski definition) is 5. The van der Waals surface area contributed by atoms with Gasteiger partial charge in [-0.25, -0.2) is 4.98 Å². The molecule has 0 saturated heterocycles. The van der Waals surface area contributed by atoms with Crippen molar-refractivity contribution >= 4 is 45.0 Å². The zero-order valence-corrected chi connectivity index (χ0v) is 14.5. The molecule has 0 aliphatic carbocycles. The highest BCUT2D eigenvalue weighted by molar-refractivity contribution is 7.22. The van der Waals surface area contributed by atoms with E-state index in [0.717, 1.165) is 11.3 Å². The largest absolute Gasteiger partial charge is 0.484 e. The Labute approximate surface area is 146 Å². The van der Waals surface area contributed by atoms with E-state index in [9.17, 15) is 18.0 Å². The molecule has 2 rings (SSSR count). The lowest BCUT2D eigenvalue weighted by Crippen LogP contribution is -2.39. The summed E-state index contributed by atoms with van der Waals surface area (Å²) in [5.41, 5.74) is 6.30. The van der Waals surface area contributed by atoms with E-state index in [2.05, 4.69) is 15.0 Å². The second kappa shape index (κ2) is 8.00. The van der Waals surface area contributed by atoms with Crippen LogP contribution in [0.2, 0.25) is 0 Å². The first-order valence-corrected chi connectivity index (χ1v) is 7.64.